The SMILES string of the molecule is CC(C)(C)C(=O)NC1CC(CCO)CN(CC2CCCC2)C1. The summed E-state index contributed by atoms with van der Waals surface area (Å²) in [5.41, 5.74) is -0.333. The normalized spacial score (nSPS) is 28.0. The summed E-state index contributed by atoms with van der Waals surface area (Å²) in [7, 11) is 0. The predicted octanol–water partition coefficient (Wildman–Crippen LogP) is 2.41. The largest absolute Gasteiger partial charge is 0.396 e. The number of nitrogens with one attached hydrogen (secondary N) is 1. The Morgan fingerprint density at radius 2 is 1.86 bits per heavy atom. The van der Waals surface area contributed by atoms with Crippen molar-refractivity contribution in [1.82, 2.24) is 10.2 Å². The third-order valence-electron chi connectivity index (χ3n) is 5.16. The van der Waals surface area contributed by atoms with Gasteiger partial charge in [-0.1, -0.05) is 33.6 Å². The molecule has 0 radical (unpaired) electrons. The number of likely N-dealkylation sites (tertiary alicyclic amines) is 1. The zero-order valence-corrected chi connectivity index (χ0v) is 14.6. The maximum absolute atomic E-state index is 12.3. The summed E-state index contributed by atoms with van der Waals surface area (Å²) in [5.74, 6) is 1.49. The van der Waals surface area contributed by atoms with Crippen molar-refractivity contribution in [2.24, 2.45) is 17.3 Å². The topological polar surface area (TPSA) is 52.6 Å². The van der Waals surface area contributed by atoms with Gasteiger partial charge in [0, 0.05) is 37.7 Å². The quantitative estimate of drug-likeness (QED) is 0.820. The van der Waals surface area contributed by atoms with E-state index in [1.807, 2.05) is 20.8 Å². The minimum Gasteiger partial charge on any atom is -0.396 e. The maximum Gasteiger partial charge on any atom is 0.225 e. The first-order chi connectivity index (χ1) is 10.4. The fourth-order valence-electron chi connectivity index (χ4n) is 3.91. The molecule has 0 aromatic rings. The highest BCUT2D eigenvalue weighted by Gasteiger charge is 2.32. The van der Waals surface area contributed by atoms with Crippen LogP contribution in [0.25, 0.3) is 0 Å². The zero-order chi connectivity index (χ0) is 16.2. The summed E-state index contributed by atoms with van der Waals surface area (Å²) in [6.45, 7) is 9.37. The second-order valence-electron chi connectivity index (χ2n) is 8.40. The average Bonchev–Trinajstić information content (AvgIpc) is 2.90. The zero-order valence-electron chi connectivity index (χ0n) is 14.6. The molecule has 1 saturated heterocycles. The molecule has 2 rings (SSSR count). The van der Waals surface area contributed by atoms with Gasteiger partial charge in [0.05, 0.1) is 0 Å². The van der Waals surface area contributed by atoms with Crippen molar-refractivity contribution in [1.29, 1.82) is 0 Å². The Kier molecular flexibility index (Phi) is 6.27. The van der Waals surface area contributed by atoms with Crippen LogP contribution < -0.4 is 5.32 Å². The molecule has 22 heavy (non-hydrogen) atoms. The van der Waals surface area contributed by atoms with E-state index in [1.165, 1.54) is 32.2 Å². The number of aliphatic hydroxyl groups is 1. The van der Waals surface area contributed by atoms with E-state index in [1.54, 1.807) is 0 Å². The van der Waals surface area contributed by atoms with Crippen LogP contribution in [-0.4, -0.2) is 48.2 Å². The molecule has 4 nitrogen and oxygen atoms in total. The summed E-state index contributed by atoms with van der Waals surface area (Å²) in [6.07, 6.45) is 7.33. The van der Waals surface area contributed by atoms with Gasteiger partial charge in [-0.15, -0.1) is 0 Å². The number of hydrogen-bond donors (Lipinski definition) is 2. The molecule has 0 spiro atoms. The molecule has 0 bridgehead atoms. The summed E-state index contributed by atoms with van der Waals surface area (Å²) < 4.78 is 0. The van der Waals surface area contributed by atoms with Gasteiger partial charge in [-0.3, -0.25) is 4.79 Å². The van der Waals surface area contributed by atoms with Gasteiger partial charge in [-0.2, -0.15) is 0 Å². The molecule has 2 fully saturated rings. The van der Waals surface area contributed by atoms with E-state index in [0.29, 0.717) is 5.92 Å². The molecular weight excluding hydrogens is 276 g/mol. The first kappa shape index (κ1) is 17.7. The minimum atomic E-state index is -0.333. The van der Waals surface area contributed by atoms with E-state index in [9.17, 15) is 9.90 Å². The van der Waals surface area contributed by atoms with E-state index in [2.05, 4.69) is 10.2 Å². The lowest BCUT2D eigenvalue weighted by Crippen LogP contribution is -2.53. The number of aliphatic hydroxyl groups excluding tert-OH is 1. The van der Waals surface area contributed by atoms with Crippen molar-refractivity contribution in [3.63, 3.8) is 0 Å². The van der Waals surface area contributed by atoms with Gasteiger partial charge < -0.3 is 15.3 Å². The van der Waals surface area contributed by atoms with Crippen LogP contribution in [0.3, 0.4) is 0 Å². The van der Waals surface area contributed by atoms with Crippen LogP contribution in [0.4, 0.5) is 0 Å². The molecule has 4 heteroatoms. The van der Waals surface area contributed by atoms with Crippen molar-refractivity contribution < 1.29 is 9.90 Å². The number of hydrogen-bond acceptors (Lipinski definition) is 3. The summed E-state index contributed by atoms with van der Waals surface area (Å²) in [5, 5.41) is 12.5. The van der Waals surface area contributed by atoms with Crippen LogP contribution in [0.1, 0.15) is 59.3 Å². The molecule has 1 aliphatic carbocycles. The van der Waals surface area contributed by atoms with E-state index in [0.717, 1.165) is 31.8 Å². The van der Waals surface area contributed by atoms with Crippen molar-refractivity contribution in [3.05, 3.63) is 0 Å². The molecule has 0 aromatic heterocycles. The number of nitrogens with zero attached hydrogens (tertiary/aromatic N) is 1. The second-order valence-corrected chi connectivity index (χ2v) is 8.40. The second kappa shape index (κ2) is 7.78. The number of amides is 1. The lowest BCUT2D eigenvalue weighted by Gasteiger charge is -2.40. The summed E-state index contributed by atoms with van der Waals surface area (Å²) >= 11 is 0. The lowest BCUT2D eigenvalue weighted by molar-refractivity contribution is -0.129. The molecule has 2 atom stereocenters. The molecule has 128 valence electrons. The third-order valence-corrected chi connectivity index (χ3v) is 5.16. The van der Waals surface area contributed by atoms with Gasteiger partial charge in [0.2, 0.25) is 5.91 Å². The highest BCUT2D eigenvalue weighted by Crippen LogP contribution is 2.28. The first-order valence-corrected chi connectivity index (χ1v) is 9.02. The Morgan fingerprint density at radius 3 is 2.45 bits per heavy atom. The number of carbonyl (C=O) groups is 1. The average molecular weight is 310 g/mol. The van der Waals surface area contributed by atoms with E-state index in [4.69, 9.17) is 0 Å². The summed E-state index contributed by atoms with van der Waals surface area (Å²) in [4.78, 5) is 14.8. The van der Waals surface area contributed by atoms with E-state index in [-0.39, 0.29) is 24.0 Å². The number of rotatable bonds is 5. The van der Waals surface area contributed by atoms with Gasteiger partial charge in [-0.25, -0.2) is 0 Å². The third kappa shape index (κ3) is 5.24. The minimum absolute atomic E-state index is 0.142. The molecule has 1 heterocycles. The van der Waals surface area contributed by atoms with Crippen molar-refractivity contribution in [3.8, 4) is 0 Å². The van der Waals surface area contributed by atoms with Crippen LogP contribution in [-0.2, 0) is 4.79 Å². The molecule has 1 amide bonds. The van der Waals surface area contributed by atoms with Crippen LogP contribution in [0, 0.1) is 17.3 Å². The van der Waals surface area contributed by atoms with Gasteiger partial charge in [0.15, 0.2) is 0 Å². The van der Waals surface area contributed by atoms with Crippen LogP contribution in [0.15, 0.2) is 0 Å². The Bertz CT molecular complexity index is 359. The number of piperidine rings is 1. The van der Waals surface area contributed by atoms with Gasteiger partial charge in [0.25, 0.3) is 0 Å². The fourth-order valence-corrected chi connectivity index (χ4v) is 3.91. The highest BCUT2D eigenvalue weighted by molar-refractivity contribution is 5.81. The lowest BCUT2D eigenvalue weighted by atomic mass is 9.89. The van der Waals surface area contributed by atoms with Crippen molar-refractivity contribution in [2.45, 2.75) is 65.3 Å². The van der Waals surface area contributed by atoms with Crippen molar-refractivity contribution in [2.75, 3.05) is 26.2 Å². The van der Waals surface area contributed by atoms with E-state index >= 15 is 0 Å². The Balaban J connectivity index is 1.91. The van der Waals surface area contributed by atoms with E-state index < -0.39 is 0 Å². The van der Waals surface area contributed by atoms with Crippen LogP contribution >= 0.6 is 0 Å². The molecule has 2 unspecified atom stereocenters. The maximum atomic E-state index is 12.3. The Hall–Kier alpha value is -0.610. The Morgan fingerprint density at radius 1 is 1.18 bits per heavy atom. The molecule has 1 aliphatic heterocycles. The smallest absolute Gasteiger partial charge is 0.225 e. The van der Waals surface area contributed by atoms with Crippen molar-refractivity contribution >= 4 is 5.91 Å². The molecule has 2 aliphatic rings. The molecule has 1 saturated carbocycles. The van der Waals surface area contributed by atoms with Gasteiger partial charge in [-0.05, 0) is 37.5 Å². The highest BCUT2D eigenvalue weighted by atomic mass is 16.3. The predicted molar refractivity (Wildman–Crippen MR) is 89.6 cm³/mol. The first-order valence-electron chi connectivity index (χ1n) is 9.02. The standard InChI is InChI=1S/C18H34N2O2/c1-18(2,3)17(22)19-16-10-15(8-9-21)12-20(13-16)11-14-6-4-5-7-14/h14-16,21H,4-13H2,1-3H3,(H,19,22). The Labute approximate surface area is 135 Å². The van der Waals surface area contributed by atoms with Gasteiger partial charge in [0.1, 0.15) is 0 Å². The van der Waals surface area contributed by atoms with Crippen LogP contribution in [0.2, 0.25) is 0 Å². The number of carbonyl (C=O) groups excluding carboxylic acids is 1. The fraction of sp³-hybridized carbons (Fsp3) is 0.944. The molecule has 0 aromatic carbocycles. The summed E-state index contributed by atoms with van der Waals surface area (Å²) in [6, 6.07) is 0.235. The molecular formula is C18H34N2O2. The van der Waals surface area contributed by atoms with Crippen LogP contribution in [0.5, 0.6) is 0 Å². The van der Waals surface area contributed by atoms with Gasteiger partial charge >= 0.3 is 0 Å². The molecule has 2 N–H and O–H groups in total. The monoisotopic (exact) mass is 310 g/mol.